The third kappa shape index (κ3) is 6.18. The molecule has 0 N–H and O–H groups in total. The first-order valence-electron chi connectivity index (χ1n) is 12.2. The normalized spacial score (nSPS) is 27.7. The fourth-order valence-corrected chi connectivity index (χ4v) is 5.66. The van der Waals surface area contributed by atoms with Gasteiger partial charge in [0.15, 0.2) is 11.6 Å². The van der Waals surface area contributed by atoms with Crippen molar-refractivity contribution in [1.82, 2.24) is 0 Å². The van der Waals surface area contributed by atoms with E-state index in [2.05, 4.69) is 6.92 Å². The first-order valence-corrected chi connectivity index (χ1v) is 12.2. The molecule has 0 heterocycles. The molecule has 0 spiro atoms. The van der Waals surface area contributed by atoms with Crippen LogP contribution in [0.15, 0.2) is 12.1 Å². The van der Waals surface area contributed by atoms with Crippen LogP contribution in [0.4, 0.5) is 8.78 Å². The van der Waals surface area contributed by atoms with Gasteiger partial charge in [-0.05, 0) is 67.9 Å². The van der Waals surface area contributed by atoms with Gasteiger partial charge in [-0.25, -0.2) is 4.39 Å². The highest BCUT2D eigenvalue weighted by Crippen LogP contribution is 2.41. The average Bonchev–Trinajstić information content (AvgIpc) is 2.75. The Hall–Kier alpha value is -1.12. The van der Waals surface area contributed by atoms with Gasteiger partial charge in [-0.3, -0.25) is 0 Å². The maximum Gasteiger partial charge on any atom is 0.200 e. The number of hydrogen-bond acceptors (Lipinski definition) is 1. The lowest BCUT2D eigenvalue weighted by Gasteiger charge is -2.32. The monoisotopic (exact) mass is 406 g/mol. The van der Waals surface area contributed by atoms with Crippen LogP contribution in [0.25, 0.3) is 0 Å². The summed E-state index contributed by atoms with van der Waals surface area (Å²) in [5, 5.41) is 0. The lowest BCUT2D eigenvalue weighted by molar-refractivity contribution is 0.222. The molecular weight excluding hydrogens is 366 g/mol. The zero-order chi connectivity index (χ0) is 20.6. The van der Waals surface area contributed by atoms with Gasteiger partial charge in [-0.2, -0.15) is 4.39 Å². The molecule has 1 aromatic carbocycles. The summed E-state index contributed by atoms with van der Waals surface area (Å²) in [5.41, 5.74) is 0.551. The van der Waals surface area contributed by atoms with Crippen molar-refractivity contribution < 1.29 is 13.5 Å². The van der Waals surface area contributed by atoms with Crippen molar-refractivity contribution in [3.05, 3.63) is 29.3 Å². The van der Waals surface area contributed by atoms with Crippen LogP contribution >= 0.6 is 0 Å². The minimum absolute atomic E-state index is 0.0341. The van der Waals surface area contributed by atoms with E-state index in [1.807, 2.05) is 0 Å². The number of benzene rings is 1. The van der Waals surface area contributed by atoms with E-state index in [0.29, 0.717) is 12.2 Å². The highest BCUT2D eigenvalue weighted by atomic mass is 19.2. The molecule has 1 nitrogen and oxygen atoms in total. The van der Waals surface area contributed by atoms with Crippen molar-refractivity contribution in [2.24, 2.45) is 17.8 Å². The molecule has 0 aromatic heterocycles. The highest BCUT2D eigenvalue weighted by Gasteiger charge is 2.28. The van der Waals surface area contributed by atoms with Gasteiger partial charge in [0.25, 0.3) is 0 Å². The van der Waals surface area contributed by atoms with Gasteiger partial charge in [0.05, 0.1) is 6.61 Å². The number of rotatable bonds is 9. The van der Waals surface area contributed by atoms with E-state index in [0.717, 1.165) is 43.4 Å². The molecule has 3 heteroatoms. The third-order valence-electron chi connectivity index (χ3n) is 7.58. The maximum absolute atomic E-state index is 14.5. The quantitative estimate of drug-likeness (QED) is 0.400. The first-order chi connectivity index (χ1) is 14.1. The van der Waals surface area contributed by atoms with Gasteiger partial charge in [-0.15, -0.1) is 0 Å². The van der Waals surface area contributed by atoms with Gasteiger partial charge >= 0.3 is 0 Å². The van der Waals surface area contributed by atoms with E-state index >= 15 is 0 Å². The fraction of sp³-hybridized carbons (Fsp3) is 0.769. The molecule has 1 aromatic rings. The summed E-state index contributed by atoms with van der Waals surface area (Å²) in [4.78, 5) is 0. The predicted molar refractivity (Wildman–Crippen MR) is 116 cm³/mol. The van der Waals surface area contributed by atoms with Crippen LogP contribution in [0, 0.1) is 29.4 Å². The van der Waals surface area contributed by atoms with E-state index in [-0.39, 0.29) is 11.7 Å². The topological polar surface area (TPSA) is 9.23 Å². The van der Waals surface area contributed by atoms with Crippen LogP contribution in [-0.4, -0.2) is 6.61 Å². The van der Waals surface area contributed by atoms with E-state index in [1.165, 1.54) is 57.8 Å². The molecule has 2 aliphatic rings. The van der Waals surface area contributed by atoms with Crippen molar-refractivity contribution in [1.29, 1.82) is 0 Å². The maximum atomic E-state index is 14.5. The minimum Gasteiger partial charge on any atom is -0.491 e. The zero-order valence-electron chi connectivity index (χ0n) is 18.5. The van der Waals surface area contributed by atoms with Gasteiger partial charge < -0.3 is 4.74 Å². The summed E-state index contributed by atoms with van der Waals surface area (Å²) in [5.74, 6) is 1.38. The number of halogens is 2. The first kappa shape index (κ1) is 22.6. The van der Waals surface area contributed by atoms with Crippen molar-refractivity contribution in [3.63, 3.8) is 0 Å². The third-order valence-corrected chi connectivity index (χ3v) is 7.58. The summed E-state index contributed by atoms with van der Waals surface area (Å²) < 4.78 is 33.9. The van der Waals surface area contributed by atoms with Crippen LogP contribution in [0.1, 0.15) is 109 Å². The zero-order valence-corrected chi connectivity index (χ0v) is 18.5. The van der Waals surface area contributed by atoms with Crippen molar-refractivity contribution in [2.45, 2.75) is 103 Å². The lowest BCUT2D eigenvalue weighted by Crippen LogP contribution is -2.18. The highest BCUT2D eigenvalue weighted by molar-refractivity contribution is 5.33. The summed E-state index contributed by atoms with van der Waals surface area (Å²) in [7, 11) is 0. The molecule has 0 radical (unpaired) electrons. The summed E-state index contributed by atoms with van der Waals surface area (Å²) in [6.07, 6.45) is 16.9. The second-order valence-corrected chi connectivity index (χ2v) is 9.54. The Morgan fingerprint density at radius 2 is 1.31 bits per heavy atom. The summed E-state index contributed by atoms with van der Waals surface area (Å²) in [6.45, 7) is 4.42. The lowest BCUT2D eigenvalue weighted by atomic mass is 9.74. The van der Waals surface area contributed by atoms with E-state index < -0.39 is 11.6 Å². The van der Waals surface area contributed by atoms with Gasteiger partial charge in [0.2, 0.25) is 5.82 Å². The van der Waals surface area contributed by atoms with Gasteiger partial charge in [0.1, 0.15) is 0 Å². The van der Waals surface area contributed by atoms with Crippen LogP contribution in [0.5, 0.6) is 5.75 Å². The molecule has 0 aliphatic heterocycles. The Balaban J connectivity index is 1.40. The molecule has 0 bridgehead atoms. The van der Waals surface area contributed by atoms with Crippen molar-refractivity contribution >= 4 is 0 Å². The van der Waals surface area contributed by atoms with Crippen molar-refractivity contribution in [2.75, 3.05) is 6.61 Å². The molecular formula is C26H40F2O. The van der Waals surface area contributed by atoms with Gasteiger partial charge in [-0.1, -0.05) is 70.8 Å². The van der Waals surface area contributed by atoms with E-state index in [4.69, 9.17) is 4.74 Å². The Bertz CT molecular complexity index is 613. The Morgan fingerprint density at radius 3 is 1.86 bits per heavy atom. The Morgan fingerprint density at radius 1 is 0.759 bits per heavy atom. The average molecular weight is 407 g/mol. The van der Waals surface area contributed by atoms with Crippen LogP contribution in [-0.2, 0) is 0 Å². The largest absolute Gasteiger partial charge is 0.491 e. The summed E-state index contributed by atoms with van der Waals surface area (Å²) in [6, 6.07) is 3.34. The predicted octanol–water partition coefficient (Wildman–Crippen LogP) is 8.41. The molecule has 164 valence electrons. The van der Waals surface area contributed by atoms with Crippen LogP contribution in [0.2, 0.25) is 0 Å². The minimum atomic E-state index is -0.819. The molecule has 0 saturated heterocycles. The van der Waals surface area contributed by atoms with Crippen LogP contribution in [0.3, 0.4) is 0 Å². The standard InChI is InChI=1S/C26H40F2O/c1-3-5-6-19-7-9-20(10-8-19)11-12-21-13-15-22(16-14-21)23-17-18-24(29-4-2)26(28)25(23)27/h17-22H,3-16H2,1-2H3. The van der Waals surface area contributed by atoms with Gasteiger partial charge in [0, 0.05) is 0 Å². The number of ether oxygens (including phenoxy) is 1. The molecule has 0 atom stereocenters. The SMILES string of the molecule is CCCCC1CCC(CCC2CCC(c3ccc(OCC)c(F)c3F)CC2)CC1. The molecule has 0 unspecified atom stereocenters. The second-order valence-electron chi connectivity index (χ2n) is 9.54. The second kappa shape index (κ2) is 11.3. The molecule has 2 aliphatic carbocycles. The van der Waals surface area contributed by atoms with E-state index in [9.17, 15) is 8.78 Å². The Labute approximate surface area is 176 Å². The summed E-state index contributed by atoms with van der Waals surface area (Å²) >= 11 is 0. The molecule has 2 saturated carbocycles. The number of unbranched alkanes of at least 4 members (excludes halogenated alkanes) is 1. The molecule has 0 amide bonds. The van der Waals surface area contributed by atoms with Crippen molar-refractivity contribution in [3.8, 4) is 5.75 Å². The number of hydrogen-bond donors (Lipinski definition) is 0. The Kier molecular flexibility index (Phi) is 8.81. The van der Waals surface area contributed by atoms with Crippen LogP contribution < -0.4 is 4.74 Å². The smallest absolute Gasteiger partial charge is 0.200 e. The molecule has 29 heavy (non-hydrogen) atoms. The molecule has 2 fully saturated rings. The fourth-order valence-electron chi connectivity index (χ4n) is 5.66. The molecule has 3 rings (SSSR count). The van der Waals surface area contributed by atoms with E-state index in [1.54, 1.807) is 19.1 Å².